The third kappa shape index (κ3) is 12.3. The number of hydroxylamine groups is 4. The van der Waals surface area contributed by atoms with Gasteiger partial charge in [0.05, 0.1) is 13.2 Å². The van der Waals surface area contributed by atoms with Crippen LogP contribution in [0.1, 0.15) is 156 Å². The SMILES string of the molecule is CC1(C)CC(OC(=O)CCCCCCCCC(=O)OC2CC(C)(C)N(OC(CO)c3ccccc3)C(C)(C)C2)CC(C)(C)N1OC(CO)c1ccccc1. The van der Waals surface area contributed by atoms with E-state index in [0.717, 1.165) is 49.7 Å². The first-order valence-corrected chi connectivity index (χ1v) is 20.1. The van der Waals surface area contributed by atoms with Gasteiger partial charge in [-0.15, -0.1) is 0 Å². The summed E-state index contributed by atoms with van der Waals surface area (Å²) >= 11 is 0. The van der Waals surface area contributed by atoms with Gasteiger partial charge in [0.25, 0.3) is 0 Å². The monoisotopic (exact) mass is 752 g/mol. The minimum Gasteiger partial charge on any atom is -0.462 e. The van der Waals surface area contributed by atoms with Gasteiger partial charge in [0.15, 0.2) is 0 Å². The number of esters is 2. The molecule has 2 aromatic rings. The van der Waals surface area contributed by atoms with E-state index in [0.29, 0.717) is 38.5 Å². The largest absolute Gasteiger partial charge is 0.462 e. The second kappa shape index (κ2) is 19.3. The smallest absolute Gasteiger partial charge is 0.306 e. The number of rotatable bonds is 19. The molecule has 0 aliphatic carbocycles. The number of aliphatic hydroxyl groups excluding tert-OH is 2. The van der Waals surface area contributed by atoms with E-state index >= 15 is 0 Å². The second-order valence-electron chi connectivity index (χ2n) is 17.9. The zero-order valence-corrected chi connectivity index (χ0v) is 34.2. The van der Waals surface area contributed by atoms with Crippen LogP contribution in [0.2, 0.25) is 0 Å². The van der Waals surface area contributed by atoms with Gasteiger partial charge in [-0.05, 0) is 79.4 Å². The number of nitrogens with zero attached hydrogens (tertiary/aromatic N) is 2. The molecular formula is C44H68N2O8. The lowest BCUT2D eigenvalue weighted by molar-refractivity contribution is -0.320. The number of hydrogen-bond donors (Lipinski definition) is 2. The van der Waals surface area contributed by atoms with Crippen LogP contribution in [0.5, 0.6) is 0 Å². The summed E-state index contributed by atoms with van der Waals surface area (Å²) < 4.78 is 12.0. The molecule has 0 amide bonds. The molecule has 2 heterocycles. The summed E-state index contributed by atoms with van der Waals surface area (Å²) in [5.74, 6) is -0.316. The van der Waals surface area contributed by atoms with Gasteiger partial charge in [0, 0.05) is 60.7 Å². The highest BCUT2D eigenvalue weighted by Crippen LogP contribution is 2.43. The second-order valence-corrected chi connectivity index (χ2v) is 17.9. The summed E-state index contributed by atoms with van der Waals surface area (Å²) in [6.07, 6.45) is 7.45. The van der Waals surface area contributed by atoms with Crippen molar-refractivity contribution in [1.82, 2.24) is 10.1 Å². The highest BCUT2D eigenvalue weighted by atomic mass is 16.7. The van der Waals surface area contributed by atoms with Crippen molar-refractivity contribution in [3.8, 4) is 0 Å². The van der Waals surface area contributed by atoms with Crippen molar-refractivity contribution in [2.24, 2.45) is 0 Å². The molecule has 2 N–H and O–H groups in total. The molecule has 0 spiro atoms. The van der Waals surface area contributed by atoms with Gasteiger partial charge >= 0.3 is 11.9 Å². The van der Waals surface area contributed by atoms with Gasteiger partial charge < -0.3 is 19.7 Å². The average molecular weight is 753 g/mol. The van der Waals surface area contributed by atoms with E-state index in [2.05, 4.69) is 55.4 Å². The van der Waals surface area contributed by atoms with Crippen LogP contribution in [0.25, 0.3) is 0 Å². The summed E-state index contributed by atoms with van der Waals surface area (Å²) in [5.41, 5.74) is 0.207. The Balaban J connectivity index is 1.10. The first-order valence-electron chi connectivity index (χ1n) is 20.1. The molecule has 0 radical (unpaired) electrons. The molecule has 0 saturated carbocycles. The lowest BCUT2D eigenvalue weighted by atomic mass is 9.80. The quantitative estimate of drug-likeness (QED) is 0.107. The topological polar surface area (TPSA) is 118 Å². The lowest BCUT2D eigenvalue weighted by Crippen LogP contribution is -2.62. The Morgan fingerprint density at radius 2 is 0.852 bits per heavy atom. The first-order chi connectivity index (χ1) is 25.5. The summed E-state index contributed by atoms with van der Waals surface area (Å²) in [5, 5.41) is 24.2. The van der Waals surface area contributed by atoms with E-state index in [4.69, 9.17) is 19.1 Å². The Labute approximate surface area is 324 Å². The minimum atomic E-state index is -0.472. The number of carbonyl (C=O) groups excluding carboxylic acids is 2. The van der Waals surface area contributed by atoms with Gasteiger partial charge in [-0.1, -0.05) is 86.3 Å². The molecule has 0 aromatic heterocycles. The molecule has 10 heteroatoms. The van der Waals surface area contributed by atoms with E-state index in [1.54, 1.807) is 0 Å². The predicted molar refractivity (Wildman–Crippen MR) is 210 cm³/mol. The van der Waals surface area contributed by atoms with Crippen LogP contribution in [-0.2, 0) is 28.7 Å². The van der Waals surface area contributed by atoms with Crippen LogP contribution in [0.4, 0.5) is 0 Å². The third-order valence-electron chi connectivity index (χ3n) is 10.9. The highest BCUT2D eigenvalue weighted by Gasteiger charge is 2.50. The summed E-state index contributed by atoms with van der Waals surface area (Å²) in [6.45, 7) is 16.5. The lowest BCUT2D eigenvalue weighted by Gasteiger charge is -2.54. The fourth-order valence-corrected chi connectivity index (χ4v) is 8.81. The molecule has 2 aromatic carbocycles. The van der Waals surface area contributed by atoms with Gasteiger partial charge in [-0.25, -0.2) is 0 Å². The van der Waals surface area contributed by atoms with Gasteiger partial charge in [0.1, 0.15) is 24.4 Å². The summed E-state index contributed by atoms with van der Waals surface area (Å²) in [4.78, 5) is 38.5. The number of piperidine rings is 2. The van der Waals surface area contributed by atoms with E-state index in [1.807, 2.05) is 70.8 Å². The molecule has 2 aliphatic rings. The van der Waals surface area contributed by atoms with Gasteiger partial charge in [0.2, 0.25) is 0 Å². The van der Waals surface area contributed by atoms with Crippen molar-refractivity contribution >= 4 is 11.9 Å². The van der Waals surface area contributed by atoms with E-state index < -0.39 is 34.4 Å². The zero-order chi connectivity index (χ0) is 39.6. The maximum atomic E-state index is 12.8. The minimum absolute atomic E-state index is 0.130. The average Bonchev–Trinajstić information content (AvgIpc) is 3.08. The van der Waals surface area contributed by atoms with Crippen molar-refractivity contribution in [2.75, 3.05) is 13.2 Å². The van der Waals surface area contributed by atoms with Gasteiger partial charge in [-0.3, -0.25) is 19.3 Å². The highest BCUT2D eigenvalue weighted by molar-refractivity contribution is 5.70. The van der Waals surface area contributed by atoms with Crippen molar-refractivity contribution in [1.29, 1.82) is 0 Å². The number of hydrogen-bond acceptors (Lipinski definition) is 10. The number of unbranched alkanes of at least 4 members (excludes halogenated alkanes) is 5. The van der Waals surface area contributed by atoms with Crippen molar-refractivity contribution < 1.29 is 39.0 Å². The van der Waals surface area contributed by atoms with Gasteiger partial charge in [-0.2, -0.15) is 10.1 Å². The zero-order valence-electron chi connectivity index (χ0n) is 34.2. The first kappa shape index (κ1) is 43.9. The molecule has 0 bridgehead atoms. The van der Waals surface area contributed by atoms with Crippen LogP contribution < -0.4 is 0 Å². The Hall–Kier alpha value is -2.86. The number of ether oxygens (including phenoxy) is 2. The Kier molecular flexibility index (Phi) is 15.7. The normalized spacial score (nSPS) is 21.3. The Morgan fingerprint density at radius 1 is 0.556 bits per heavy atom. The van der Waals surface area contributed by atoms with Crippen LogP contribution >= 0.6 is 0 Å². The molecular weight excluding hydrogens is 684 g/mol. The third-order valence-corrected chi connectivity index (χ3v) is 10.9. The van der Waals surface area contributed by atoms with Crippen molar-refractivity contribution in [2.45, 2.75) is 179 Å². The Bertz CT molecular complexity index is 1300. The van der Waals surface area contributed by atoms with Crippen molar-refractivity contribution in [3.63, 3.8) is 0 Å². The van der Waals surface area contributed by atoms with E-state index in [1.165, 1.54) is 0 Å². The molecule has 10 nitrogen and oxygen atoms in total. The molecule has 2 atom stereocenters. The fourth-order valence-electron chi connectivity index (χ4n) is 8.81. The maximum absolute atomic E-state index is 12.8. The standard InChI is InChI=1S/C44H68N2O8/c1-41(2)27-35(28-42(3,4)45(41)53-37(31-47)33-21-15-13-16-22-33)51-39(49)25-19-11-9-10-12-20-26-40(50)52-36-29-43(5,6)46(44(7,8)30-36)54-38(32-48)34-23-17-14-18-24-34/h13-18,21-24,35-38,47-48H,9-12,19-20,25-32H2,1-8H3. The van der Waals surface area contributed by atoms with Crippen LogP contribution in [0, 0.1) is 0 Å². The van der Waals surface area contributed by atoms with E-state index in [9.17, 15) is 19.8 Å². The molecule has 2 aliphatic heterocycles. The predicted octanol–water partition coefficient (Wildman–Crippen LogP) is 8.57. The fraction of sp³-hybridized carbons (Fsp3) is 0.682. The molecule has 2 unspecified atom stereocenters. The van der Waals surface area contributed by atoms with Crippen molar-refractivity contribution in [3.05, 3.63) is 71.8 Å². The molecule has 2 fully saturated rings. The molecule has 4 rings (SSSR count). The Morgan fingerprint density at radius 3 is 1.15 bits per heavy atom. The van der Waals surface area contributed by atoms with Crippen LogP contribution in [-0.4, -0.2) is 79.9 Å². The van der Waals surface area contributed by atoms with Crippen LogP contribution in [0.3, 0.4) is 0 Å². The number of carbonyl (C=O) groups is 2. The van der Waals surface area contributed by atoms with E-state index in [-0.39, 0.29) is 37.4 Å². The summed E-state index contributed by atoms with van der Waals surface area (Å²) in [6, 6.07) is 19.5. The maximum Gasteiger partial charge on any atom is 0.306 e. The molecule has 54 heavy (non-hydrogen) atoms. The number of benzene rings is 2. The molecule has 302 valence electrons. The number of aliphatic hydroxyl groups is 2. The summed E-state index contributed by atoms with van der Waals surface area (Å²) in [7, 11) is 0. The van der Waals surface area contributed by atoms with Crippen LogP contribution in [0.15, 0.2) is 60.7 Å². The molecule has 2 saturated heterocycles.